The van der Waals surface area contributed by atoms with Crippen LogP contribution in [0.2, 0.25) is 0 Å². The first-order valence-electron chi connectivity index (χ1n) is 5.77. The first-order chi connectivity index (χ1) is 6.87. The molecule has 1 nitrogen and oxygen atoms in total. The SMILES string of the molecule is CCCCCC=C(C)C(=O)SC(C)(C)C. The van der Waals surface area contributed by atoms with E-state index in [1.807, 2.05) is 6.92 Å². The maximum absolute atomic E-state index is 11.7. The van der Waals surface area contributed by atoms with Gasteiger partial charge in [0.1, 0.15) is 0 Å². The van der Waals surface area contributed by atoms with E-state index in [0.717, 1.165) is 12.0 Å². The lowest BCUT2D eigenvalue weighted by Crippen LogP contribution is -2.12. The summed E-state index contributed by atoms with van der Waals surface area (Å²) in [6.07, 6.45) is 6.80. The lowest BCUT2D eigenvalue weighted by molar-refractivity contribution is -0.107. The van der Waals surface area contributed by atoms with Crippen molar-refractivity contribution in [3.8, 4) is 0 Å². The molecule has 2 heteroatoms. The zero-order valence-corrected chi connectivity index (χ0v) is 11.5. The molecule has 0 saturated heterocycles. The van der Waals surface area contributed by atoms with Gasteiger partial charge < -0.3 is 0 Å². The fourth-order valence-corrected chi connectivity index (χ4v) is 1.96. The second-order valence-corrected chi connectivity index (χ2v) is 6.68. The summed E-state index contributed by atoms with van der Waals surface area (Å²) in [5.74, 6) is 0. The summed E-state index contributed by atoms with van der Waals surface area (Å²) in [4.78, 5) is 11.7. The minimum Gasteiger partial charge on any atom is -0.282 e. The van der Waals surface area contributed by atoms with Crippen LogP contribution in [-0.2, 0) is 4.79 Å². The molecule has 0 rings (SSSR count). The van der Waals surface area contributed by atoms with Gasteiger partial charge >= 0.3 is 0 Å². The van der Waals surface area contributed by atoms with Gasteiger partial charge in [-0.3, -0.25) is 4.79 Å². The van der Waals surface area contributed by atoms with Crippen molar-refractivity contribution in [3.05, 3.63) is 11.6 Å². The third kappa shape index (κ3) is 8.73. The van der Waals surface area contributed by atoms with E-state index in [9.17, 15) is 4.79 Å². The van der Waals surface area contributed by atoms with Gasteiger partial charge in [-0.25, -0.2) is 0 Å². The molecular weight excluding hydrogens is 204 g/mol. The Morgan fingerprint density at radius 2 is 1.87 bits per heavy atom. The zero-order valence-electron chi connectivity index (χ0n) is 10.7. The molecule has 0 aliphatic rings. The number of carbonyl (C=O) groups excluding carboxylic acids is 1. The monoisotopic (exact) mass is 228 g/mol. The quantitative estimate of drug-likeness (QED) is 0.506. The Labute approximate surface area is 98.7 Å². The average molecular weight is 228 g/mol. The van der Waals surface area contributed by atoms with Gasteiger partial charge in [0.25, 0.3) is 0 Å². The fraction of sp³-hybridized carbons (Fsp3) is 0.769. The summed E-state index contributed by atoms with van der Waals surface area (Å²) >= 11 is 1.42. The van der Waals surface area contributed by atoms with Crippen LogP contribution >= 0.6 is 11.8 Å². The fourth-order valence-electron chi connectivity index (χ4n) is 1.15. The Bertz CT molecular complexity index is 223. The molecular formula is C13H24OS. The minimum absolute atomic E-state index is 0.0234. The second-order valence-electron chi connectivity index (χ2n) is 4.88. The van der Waals surface area contributed by atoms with Crippen LogP contribution in [0.3, 0.4) is 0 Å². The number of unbranched alkanes of at least 4 members (excludes halogenated alkanes) is 3. The summed E-state index contributed by atoms with van der Waals surface area (Å²) in [5.41, 5.74) is 0.908. The molecule has 0 aromatic heterocycles. The van der Waals surface area contributed by atoms with Gasteiger partial charge in [-0.15, -0.1) is 0 Å². The molecule has 0 bridgehead atoms. The summed E-state index contributed by atoms with van der Waals surface area (Å²) < 4.78 is 0.0234. The highest BCUT2D eigenvalue weighted by atomic mass is 32.2. The first-order valence-corrected chi connectivity index (χ1v) is 6.58. The molecule has 0 aliphatic carbocycles. The maximum atomic E-state index is 11.7. The van der Waals surface area contributed by atoms with Crippen LogP contribution in [-0.4, -0.2) is 9.86 Å². The smallest absolute Gasteiger partial charge is 0.215 e. The van der Waals surface area contributed by atoms with Gasteiger partial charge in [0, 0.05) is 4.75 Å². The van der Waals surface area contributed by atoms with Crippen LogP contribution in [0, 0.1) is 0 Å². The van der Waals surface area contributed by atoms with E-state index < -0.39 is 0 Å². The van der Waals surface area contributed by atoms with E-state index in [0.29, 0.717) is 0 Å². The number of hydrogen-bond donors (Lipinski definition) is 0. The van der Waals surface area contributed by atoms with E-state index in [2.05, 4.69) is 33.8 Å². The molecule has 0 spiro atoms. The van der Waals surface area contributed by atoms with E-state index in [1.54, 1.807) is 0 Å². The Morgan fingerprint density at radius 3 is 2.33 bits per heavy atom. The Balaban J connectivity index is 3.97. The van der Waals surface area contributed by atoms with Crippen molar-refractivity contribution in [2.24, 2.45) is 0 Å². The largest absolute Gasteiger partial charge is 0.282 e. The van der Waals surface area contributed by atoms with E-state index in [4.69, 9.17) is 0 Å². The topological polar surface area (TPSA) is 17.1 Å². The van der Waals surface area contributed by atoms with E-state index in [-0.39, 0.29) is 9.86 Å². The molecule has 0 aromatic rings. The number of thioether (sulfide) groups is 1. The van der Waals surface area contributed by atoms with E-state index >= 15 is 0 Å². The van der Waals surface area contributed by atoms with Gasteiger partial charge in [-0.2, -0.15) is 0 Å². The third-order valence-electron chi connectivity index (χ3n) is 1.98. The summed E-state index contributed by atoms with van der Waals surface area (Å²) in [5, 5.41) is 0.221. The molecule has 0 atom stereocenters. The average Bonchev–Trinajstić information content (AvgIpc) is 2.09. The number of hydrogen-bond acceptors (Lipinski definition) is 2. The highest BCUT2D eigenvalue weighted by Gasteiger charge is 2.17. The van der Waals surface area contributed by atoms with Crippen molar-refractivity contribution < 1.29 is 4.79 Å². The molecule has 88 valence electrons. The molecule has 0 N–H and O–H groups in total. The van der Waals surface area contributed by atoms with Crippen molar-refractivity contribution >= 4 is 16.9 Å². The molecule has 0 heterocycles. The van der Waals surface area contributed by atoms with Crippen molar-refractivity contribution in [1.82, 2.24) is 0 Å². The highest BCUT2D eigenvalue weighted by Crippen LogP contribution is 2.26. The molecule has 0 fully saturated rings. The van der Waals surface area contributed by atoms with Gasteiger partial charge in [0.2, 0.25) is 5.12 Å². The summed E-state index contributed by atoms with van der Waals surface area (Å²) in [6, 6.07) is 0. The molecule has 0 radical (unpaired) electrons. The molecule has 0 saturated carbocycles. The lowest BCUT2D eigenvalue weighted by atomic mass is 10.1. The van der Waals surface area contributed by atoms with Gasteiger partial charge in [-0.05, 0) is 25.3 Å². The van der Waals surface area contributed by atoms with Crippen LogP contribution < -0.4 is 0 Å². The van der Waals surface area contributed by atoms with Crippen molar-refractivity contribution in [3.63, 3.8) is 0 Å². The van der Waals surface area contributed by atoms with Crippen LogP contribution in [0.1, 0.15) is 60.3 Å². The molecule has 0 aliphatic heterocycles. The number of carbonyl (C=O) groups is 1. The van der Waals surface area contributed by atoms with Gasteiger partial charge in [0.05, 0.1) is 0 Å². The molecule has 15 heavy (non-hydrogen) atoms. The second kappa shape index (κ2) is 7.10. The predicted molar refractivity (Wildman–Crippen MR) is 70.3 cm³/mol. The van der Waals surface area contributed by atoms with Crippen LogP contribution in [0.25, 0.3) is 0 Å². The zero-order chi connectivity index (χ0) is 11.9. The lowest BCUT2D eigenvalue weighted by Gasteiger charge is -2.16. The number of rotatable bonds is 5. The standard InChI is InChI=1S/C13H24OS/c1-6-7-8-9-10-11(2)12(14)15-13(3,4)5/h10H,6-9H2,1-5H3. The number of allylic oxidation sites excluding steroid dienone is 1. The first kappa shape index (κ1) is 14.8. The van der Waals surface area contributed by atoms with Gasteiger partial charge in [-0.1, -0.05) is 58.4 Å². The molecule has 0 aromatic carbocycles. The molecule has 0 unspecified atom stereocenters. The van der Waals surface area contributed by atoms with Crippen molar-refractivity contribution in [2.75, 3.05) is 0 Å². The van der Waals surface area contributed by atoms with Crippen molar-refractivity contribution in [1.29, 1.82) is 0 Å². The van der Waals surface area contributed by atoms with E-state index in [1.165, 1.54) is 31.0 Å². The van der Waals surface area contributed by atoms with Gasteiger partial charge in [0.15, 0.2) is 0 Å². The Kier molecular flexibility index (Phi) is 6.99. The van der Waals surface area contributed by atoms with Crippen LogP contribution in [0.4, 0.5) is 0 Å². The maximum Gasteiger partial charge on any atom is 0.215 e. The van der Waals surface area contributed by atoms with Crippen LogP contribution in [0.15, 0.2) is 11.6 Å². The Morgan fingerprint density at radius 1 is 1.27 bits per heavy atom. The third-order valence-corrected chi connectivity index (χ3v) is 3.10. The summed E-state index contributed by atoms with van der Waals surface area (Å²) in [6.45, 7) is 10.3. The highest BCUT2D eigenvalue weighted by molar-refractivity contribution is 8.15. The normalized spacial score (nSPS) is 13.0. The molecule has 0 amide bonds. The van der Waals surface area contributed by atoms with Crippen molar-refractivity contribution in [2.45, 2.75) is 65.0 Å². The Hall–Kier alpha value is -0.240. The minimum atomic E-state index is 0.0234. The predicted octanol–water partition coefficient (Wildman–Crippen LogP) is 4.57. The van der Waals surface area contributed by atoms with Crippen LogP contribution in [0.5, 0.6) is 0 Å². The summed E-state index contributed by atoms with van der Waals surface area (Å²) in [7, 11) is 0.